The highest BCUT2D eigenvalue weighted by Gasteiger charge is 2.15. The van der Waals surface area contributed by atoms with Crippen LogP contribution in [0.2, 0.25) is 0 Å². The minimum absolute atomic E-state index is 0.00561. The van der Waals surface area contributed by atoms with Crippen molar-refractivity contribution in [3.05, 3.63) is 46.7 Å². The molecule has 0 saturated carbocycles. The van der Waals surface area contributed by atoms with Gasteiger partial charge in [0.15, 0.2) is 0 Å². The minimum Gasteiger partial charge on any atom is -0.306 e. The van der Waals surface area contributed by atoms with Crippen LogP contribution in [0, 0.1) is 5.41 Å². The second-order valence-electron chi connectivity index (χ2n) is 4.66. The molecule has 0 aromatic carbocycles. The first-order chi connectivity index (χ1) is 7.38. The van der Waals surface area contributed by atoms with Crippen LogP contribution in [0.3, 0.4) is 0 Å². The van der Waals surface area contributed by atoms with Gasteiger partial charge < -0.3 is 9.97 Å². The van der Waals surface area contributed by atoms with Crippen LogP contribution in [0.15, 0.2) is 29.6 Å². The van der Waals surface area contributed by atoms with Gasteiger partial charge in [-0.3, -0.25) is 0 Å². The van der Waals surface area contributed by atoms with E-state index in [1.807, 2.05) is 6.08 Å². The molecular weight excluding hydrogens is 200 g/mol. The van der Waals surface area contributed by atoms with Gasteiger partial charge in [-0.2, -0.15) is 0 Å². The van der Waals surface area contributed by atoms with E-state index >= 15 is 0 Å². The number of nitrogens with one attached hydrogen (secondary N) is 2. The Hall–Kier alpha value is -1.77. The van der Waals surface area contributed by atoms with Gasteiger partial charge in [0.05, 0.1) is 11.4 Å². The molecule has 0 atom stereocenters. The van der Waals surface area contributed by atoms with Gasteiger partial charge in [-0.05, 0) is 23.1 Å². The first kappa shape index (κ1) is 12.3. The second-order valence-corrected chi connectivity index (χ2v) is 4.66. The average Bonchev–Trinajstić information content (AvgIpc) is 2.53. The van der Waals surface area contributed by atoms with Gasteiger partial charge in [-0.25, -0.2) is 4.79 Å². The van der Waals surface area contributed by atoms with Crippen molar-refractivity contribution in [2.45, 2.75) is 20.8 Å². The van der Waals surface area contributed by atoms with E-state index in [0.29, 0.717) is 5.69 Å². The van der Waals surface area contributed by atoms with Crippen molar-refractivity contribution >= 4 is 12.2 Å². The summed E-state index contributed by atoms with van der Waals surface area (Å²) in [5.74, 6) is 0. The molecule has 1 rings (SSSR count). The monoisotopic (exact) mass is 218 g/mol. The van der Waals surface area contributed by atoms with E-state index in [1.165, 1.54) is 0 Å². The van der Waals surface area contributed by atoms with Crippen LogP contribution >= 0.6 is 0 Å². The molecule has 0 unspecified atom stereocenters. The predicted molar refractivity (Wildman–Crippen MR) is 69.1 cm³/mol. The summed E-state index contributed by atoms with van der Waals surface area (Å²) in [6.07, 6.45) is 5.34. The number of aromatic amines is 2. The molecule has 0 bridgehead atoms. The maximum absolute atomic E-state index is 11.2. The zero-order valence-electron chi connectivity index (χ0n) is 10.1. The fourth-order valence-electron chi connectivity index (χ4n) is 1.42. The summed E-state index contributed by atoms with van der Waals surface area (Å²) in [6.45, 7) is 13.7. The standard InChI is InChI=1S/C13H18N2O/c1-6-9(13(3,4)5)8-11-10(7-2)14-12(16)15-11/h6-8H,1-2H2,3-5H3,(H2,14,15,16)/b9-8+. The van der Waals surface area contributed by atoms with Crippen LogP contribution in [0.4, 0.5) is 0 Å². The van der Waals surface area contributed by atoms with Crippen LogP contribution in [-0.4, -0.2) is 9.97 Å². The molecule has 0 aliphatic rings. The molecule has 0 aliphatic carbocycles. The van der Waals surface area contributed by atoms with E-state index < -0.39 is 0 Å². The number of imidazole rings is 1. The fraction of sp³-hybridized carbons (Fsp3) is 0.308. The number of H-pyrrole nitrogens is 2. The lowest BCUT2D eigenvalue weighted by atomic mass is 9.86. The number of rotatable bonds is 3. The minimum atomic E-state index is -0.224. The van der Waals surface area contributed by atoms with E-state index in [4.69, 9.17) is 0 Å². The second kappa shape index (κ2) is 4.39. The average molecular weight is 218 g/mol. The Morgan fingerprint density at radius 2 is 1.75 bits per heavy atom. The topological polar surface area (TPSA) is 48.6 Å². The highest BCUT2D eigenvalue weighted by molar-refractivity contribution is 5.62. The Labute approximate surface area is 95.6 Å². The van der Waals surface area contributed by atoms with Crippen molar-refractivity contribution in [1.29, 1.82) is 0 Å². The van der Waals surface area contributed by atoms with E-state index in [2.05, 4.69) is 43.9 Å². The molecule has 0 spiro atoms. The fourth-order valence-corrected chi connectivity index (χ4v) is 1.42. The Balaban J connectivity index is 3.28. The lowest BCUT2D eigenvalue weighted by Crippen LogP contribution is -2.07. The smallest absolute Gasteiger partial charge is 0.306 e. The molecule has 1 aromatic heterocycles. The molecule has 3 nitrogen and oxygen atoms in total. The molecule has 3 heteroatoms. The summed E-state index contributed by atoms with van der Waals surface area (Å²) >= 11 is 0. The van der Waals surface area contributed by atoms with E-state index in [1.54, 1.807) is 12.2 Å². The predicted octanol–water partition coefficient (Wildman–Crippen LogP) is 2.96. The summed E-state index contributed by atoms with van der Waals surface area (Å²) in [6, 6.07) is 0. The molecule has 0 saturated heterocycles. The van der Waals surface area contributed by atoms with Gasteiger partial charge in [-0.1, -0.05) is 40.0 Å². The third-order valence-corrected chi connectivity index (χ3v) is 2.38. The number of allylic oxidation sites excluding steroid dienone is 2. The Bertz CT molecular complexity index is 481. The van der Waals surface area contributed by atoms with Gasteiger partial charge in [-0.15, -0.1) is 0 Å². The third kappa shape index (κ3) is 2.63. The normalized spacial score (nSPS) is 12.6. The van der Waals surface area contributed by atoms with Crippen LogP contribution in [0.5, 0.6) is 0 Å². The van der Waals surface area contributed by atoms with E-state index in [0.717, 1.165) is 11.3 Å². The quantitative estimate of drug-likeness (QED) is 0.753. The first-order valence-corrected chi connectivity index (χ1v) is 5.18. The molecule has 16 heavy (non-hydrogen) atoms. The summed E-state index contributed by atoms with van der Waals surface area (Å²) in [5, 5.41) is 0. The maximum atomic E-state index is 11.2. The molecule has 0 fully saturated rings. The van der Waals surface area contributed by atoms with Crippen LogP contribution in [0.1, 0.15) is 32.2 Å². The molecule has 86 valence electrons. The van der Waals surface area contributed by atoms with Gasteiger partial charge in [0, 0.05) is 0 Å². The van der Waals surface area contributed by atoms with Crippen LogP contribution < -0.4 is 5.69 Å². The number of aromatic nitrogens is 2. The zero-order chi connectivity index (χ0) is 12.3. The van der Waals surface area contributed by atoms with Crippen molar-refractivity contribution in [3.8, 4) is 0 Å². The summed E-state index contributed by atoms with van der Waals surface area (Å²) < 4.78 is 0. The maximum Gasteiger partial charge on any atom is 0.323 e. The highest BCUT2D eigenvalue weighted by Crippen LogP contribution is 2.27. The van der Waals surface area contributed by atoms with E-state index in [-0.39, 0.29) is 11.1 Å². The zero-order valence-corrected chi connectivity index (χ0v) is 10.1. The number of hydrogen-bond donors (Lipinski definition) is 2. The van der Waals surface area contributed by atoms with Crippen molar-refractivity contribution in [2.75, 3.05) is 0 Å². The molecule has 2 N–H and O–H groups in total. The molecular formula is C13H18N2O. The van der Waals surface area contributed by atoms with Crippen molar-refractivity contribution < 1.29 is 0 Å². The summed E-state index contributed by atoms with van der Waals surface area (Å²) in [5.41, 5.74) is 2.27. The molecule has 1 aromatic rings. The Morgan fingerprint density at radius 1 is 1.19 bits per heavy atom. The summed E-state index contributed by atoms with van der Waals surface area (Å²) in [7, 11) is 0. The first-order valence-electron chi connectivity index (χ1n) is 5.18. The molecule has 0 radical (unpaired) electrons. The molecule has 1 heterocycles. The van der Waals surface area contributed by atoms with Gasteiger partial charge in [0.2, 0.25) is 0 Å². The van der Waals surface area contributed by atoms with Gasteiger partial charge >= 0.3 is 5.69 Å². The van der Waals surface area contributed by atoms with Gasteiger partial charge in [0.25, 0.3) is 0 Å². The largest absolute Gasteiger partial charge is 0.323 e. The van der Waals surface area contributed by atoms with Crippen LogP contribution in [-0.2, 0) is 0 Å². The highest BCUT2D eigenvalue weighted by atomic mass is 16.1. The Morgan fingerprint density at radius 3 is 2.19 bits per heavy atom. The van der Waals surface area contributed by atoms with Gasteiger partial charge in [0.1, 0.15) is 0 Å². The van der Waals surface area contributed by atoms with Crippen LogP contribution in [0.25, 0.3) is 12.2 Å². The molecule has 0 amide bonds. The lowest BCUT2D eigenvalue weighted by Gasteiger charge is -2.19. The lowest BCUT2D eigenvalue weighted by molar-refractivity contribution is 0.521. The van der Waals surface area contributed by atoms with E-state index in [9.17, 15) is 4.79 Å². The van der Waals surface area contributed by atoms with Crippen molar-refractivity contribution in [2.24, 2.45) is 5.41 Å². The Kier molecular flexibility index (Phi) is 3.38. The van der Waals surface area contributed by atoms with Crippen molar-refractivity contribution in [1.82, 2.24) is 9.97 Å². The van der Waals surface area contributed by atoms with Crippen molar-refractivity contribution in [3.63, 3.8) is 0 Å². The summed E-state index contributed by atoms with van der Waals surface area (Å²) in [4.78, 5) is 16.6. The molecule has 0 aliphatic heterocycles. The SMILES string of the molecule is C=C/C(=C\c1[nH]c(=O)[nH]c1C=C)C(C)(C)C. The third-order valence-electron chi connectivity index (χ3n) is 2.38. The number of hydrogen-bond acceptors (Lipinski definition) is 1.